The van der Waals surface area contributed by atoms with E-state index in [2.05, 4.69) is 13.8 Å². The minimum Gasteiger partial charge on any atom is -0.483 e. The van der Waals surface area contributed by atoms with Crippen LogP contribution in [-0.2, 0) is 4.79 Å². The first kappa shape index (κ1) is 16.8. The molecular weight excluding hydrogens is 302 g/mol. The average Bonchev–Trinajstić information content (AvgIpc) is 2.58. The summed E-state index contributed by atoms with van der Waals surface area (Å²) in [6, 6.07) is 5.19. The van der Waals surface area contributed by atoms with Gasteiger partial charge in [-0.2, -0.15) is 0 Å². The van der Waals surface area contributed by atoms with Gasteiger partial charge in [0.25, 0.3) is 0 Å². The molecule has 0 saturated carbocycles. The molecule has 1 aliphatic rings. The molecular formula is C17H22ClNO3. The van der Waals surface area contributed by atoms with Gasteiger partial charge in [-0.05, 0) is 31.0 Å². The average molecular weight is 324 g/mol. The standard InChI is InChI=1S/C17H22ClNO3/c1-4-16(21)19-11-17(5-2,6-3)22-15-8-7-12(9-13(15)19)14(20)10-18/h7-9H,4-6,10-11H2,1-3H3. The van der Waals surface area contributed by atoms with Gasteiger partial charge in [-0.1, -0.05) is 20.8 Å². The summed E-state index contributed by atoms with van der Waals surface area (Å²) < 4.78 is 6.17. The molecule has 0 aromatic heterocycles. The molecule has 0 bridgehead atoms. The summed E-state index contributed by atoms with van der Waals surface area (Å²) in [5.41, 5.74) is 0.808. The number of anilines is 1. The minimum atomic E-state index is -0.365. The van der Waals surface area contributed by atoms with Gasteiger partial charge in [0.05, 0.1) is 18.1 Å². The molecule has 1 aromatic carbocycles. The van der Waals surface area contributed by atoms with Crippen molar-refractivity contribution in [3.63, 3.8) is 0 Å². The van der Waals surface area contributed by atoms with Crippen molar-refractivity contribution < 1.29 is 14.3 Å². The van der Waals surface area contributed by atoms with Gasteiger partial charge >= 0.3 is 0 Å². The third-order valence-electron chi connectivity index (χ3n) is 4.36. The van der Waals surface area contributed by atoms with Crippen LogP contribution < -0.4 is 9.64 Å². The first-order chi connectivity index (χ1) is 10.5. The van der Waals surface area contributed by atoms with Crippen molar-refractivity contribution in [2.24, 2.45) is 0 Å². The number of Topliss-reactive ketones (excluding diaryl/α,β-unsaturated/α-hetero) is 1. The van der Waals surface area contributed by atoms with E-state index in [0.717, 1.165) is 12.8 Å². The van der Waals surface area contributed by atoms with Gasteiger partial charge in [0.1, 0.15) is 11.4 Å². The van der Waals surface area contributed by atoms with E-state index < -0.39 is 0 Å². The maximum Gasteiger partial charge on any atom is 0.226 e. The van der Waals surface area contributed by atoms with E-state index in [0.29, 0.717) is 30.0 Å². The van der Waals surface area contributed by atoms with Gasteiger partial charge in [-0.25, -0.2) is 0 Å². The number of nitrogens with zero attached hydrogens (tertiary/aromatic N) is 1. The molecule has 1 aliphatic heterocycles. The zero-order valence-electron chi connectivity index (χ0n) is 13.3. The molecule has 120 valence electrons. The Morgan fingerprint density at radius 1 is 1.27 bits per heavy atom. The smallest absolute Gasteiger partial charge is 0.226 e. The number of ether oxygens (including phenoxy) is 1. The van der Waals surface area contributed by atoms with E-state index >= 15 is 0 Å². The predicted octanol–water partition coefficient (Wildman–Crippen LogP) is 3.80. The van der Waals surface area contributed by atoms with Crippen molar-refractivity contribution in [1.82, 2.24) is 0 Å². The van der Waals surface area contributed by atoms with Crippen LogP contribution in [0.1, 0.15) is 50.4 Å². The Morgan fingerprint density at radius 2 is 1.95 bits per heavy atom. The second-order valence-corrected chi connectivity index (χ2v) is 5.83. The molecule has 0 aliphatic carbocycles. The molecule has 4 nitrogen and oxygen atoms in total. The second kappa shape index (κ2) is 6.69. The molecule has 0 radical (unpaired) electrons. The highest BCUT2D eigenvalue weighted by atomic mass is 35.5. The Hall–Kier alpha value is -1.55. The summed E-state index contributed by atoms with van der Waals surface area (Å²) in [5.74, 6) is 0.459. The number of fused-ring (bicyclic) bond motifs is 1. The topological polar surface area (TPSA) is 46.6 Å². The molecule has 1 aromatic rings. The highest BCUT2D eigenvalue weighted by Crippen LogP contribution is 2.40. The van der Waals surface area contributed by atoms with Crippen LogP contribution in [0.25, 0.3) is 0 Å². The first-order valence-corrected chi connectivity index (χ1v) is 8.26. The lowest BCUT2D eigenvalue weighted by Gasteiger charge is -2.43. The number of hydrogen-bond donors (Lipinski definition) is 0. The third-order valence-corrected chi connectivity index (χ3v) is 4.60. The van der Waals surface area contributed by atoms with E-state index in [9.17, 15) is 9.59 Å². The van der Waals surface area contributed by atoms with Gasteiger partial charge in [-0.15, -0.1) is 11.6 Å². The predicted molar refractivity (Wildman–Crippen MR) is 88.1 cm³/mol. The monoisotopic (exact) mass is 323 g/mol. The van der Waals surface area contributed by atoms with Crippen LogP contribution in [0, 0.1) is 0 Å². The molecule has 22 heavy (non-hydrogen) atoms. The lowest BCUT2D eigenvalue weighted by molar-refractivity contribution is -0.119. The Labute approximate surface area is 136 Å². The molecule has 0 N–H and O–H groups in total. The Morgan fingerprint density at radius 3 is 2.50 bits per heavy atom. The number of amides is 1. The fourth-order valence-electron chi connectivity index (χ4n) is 2.74. The van der Waals surface area contributed by atoms with Crippen molar-refractivity contribution in [3.05, 3.63) is 23.8 Å². The summed E-state index contributed by atoms with van der Waals surface area (Å²) in [7, 11) is 0. The van der Waals surface area contributed by atoms with Crippen LogP contribution in [0.2, 0.25) is 0 Å². The fraction of sp³-hybridized carbons (Fsp3) is 0.529. The molecule has 0 saturated heterocycles. The number of alkyl halides is 1. The zero-order chi connectivity index (χ0) is 16.3. The van der Waals surface area contributed by atoms with Gasteiger partial charge in [0.15, 0.2) is 5.78 Å². The summed E-state index contributed by atoms with van der Waals surface area (Å²) in [5, 5.41) is 0. The Bertz CT molecular complexity index is 581. The van der Waals surface area contributed by atoms with Crippen LogP contribution in [-0.4, -0.2) is 29.7 Å². The van der Waals surface area contributed by atoms with Gasteiger partial charge in [0, 0.05) is 12.0 Å². The summed E-state index contributed by atoms with van der Waals surface area (Å²) in [4.78, 5) is 25.9. The van der Waals surface area contributed by atoms with Crippen molar-refractivity contribution in [1.29, 1.82) is 0 Å². The fourth-order valence-corrected chi connectivity index (χ4v) is 2.89. The molecule has 0 atom stereocenters. The van der Waals surface area contributed by atoms with E-state index in [1.165, 1.54) is 0 Å². The molecule has 2 rings (SSSR count). The Balaban J connectivity index is 2.51. The van der Waals surface area contributed by atoms with E-state index in [-0.39, 0.29) is 23.2 Å². The van der Waals surface area contributed by atoms with Crippen molar-refractivity contribution in [3.8, 4) is 5.75 Å². The number of carbonyl (C=O) groups is 2. The van der Waals surface area contributed by atoms with Crippen LogP contribution in [0.5, 0.6) is 5.75 Å². The van der Waals surface area contributed by atoms with Crippen molar-refractivity contribution in [2.45, 2.75) is 45.6 Å². The normalized spacial score (nSPS) is 15.9. The van der Waals surface area contributed by atoms with Crippen LogP contribution in [0.4, 0.5) is 5.69 Å². The number of halogens is 1. The number of rotatable bonds is 5. The molecule has 0 spiro atoms. The Kier molecular flexibility index (Phi) is 5.12. The van der Waals surface area contributed by atoms with Crippen LogP contribution in [0.15, 0.2) is 18.2 Å². The SMILES string of the molecule is CCC(=O)N1CC(CC)(CC)Oc2ccc(C(=O)CCl)cc21. The van der Waals surface area contributed by atoms with Crippen LogP contribution >= 0.6 is 11.6 Å². The molecule has 5 heteroatoms. The zero-order valence-corrected chi connectivity index (χ0v) is 14.1. The van der Waals surface area contributed by atoms with Crippen molar-refractivity contribution in [2.75, 3.05) is 17.3 Å². The largest absolute Gasteiger partial charge is 0.483 e. The lowest BCUT2D eigenvalue weighted by atomic mass is 9.93. The number of benzene rings is 1. The summed E-state index contributed by atoms with van der Waals surface area (Å²) in [6.07, 6.45) is 2.05. The van der Waals surface area contributed by atoms with E-state index in [4.69, 9.17) is 16.3 Å². The number of carbonyl (C=O) groups excluding carboxylic acids is 2. The molecule has 1 heterocycles. The van der Waals surface area contributed by atoms with Crippen LogP contribution in [0.3, 0.4) is 0 Å². The van der Waals surface area contributed by atoms with E-state index in [1.54, 1.807) is 23.1 Å². The van der Waals surface area contributed by atoms with E-state index in [1.807, 2.05) is 6.92 Å². The van der Waals surface area contributed by atoms with Gasteiger partial charge in [0.2, 0.25) is 5.91 Å². The minimum absolute atomic E-state index is 0.0336. The molecule has 0 unspecified atom stereocenters. The highest BCUT2D eigenvalue weighted by Gasteiger charge is 2.39. The quantitative estimate of drug-likeness (QED) is 0.611. The molecule has 1 amide bonds. The maximum atomic E-state index is 12.4. The maximum absolute atomic E-state index is 12.4. The number of ketones is 1. The molecule has 0 fully saturated rings. The summed E-state index contributed by atoms with van der Waals surface area (Å²) in [6.45, 7) is 6.48. The van der Waals surface area contributed by atoms with Gasteiger partial charge in [-0.3, -0.25) is 9.59 Å². The third kappa shape index (κ3) is 2.98. The lowest BCUT2D eigenvalue weighted by Crippen LogP contribution is -2.52. The number of hydrogen-bond acceptors (Lipinski definition) is 3. The first-order valence-electron chi connectivity index (χ1n) is 7.72. The van der Waals surface area contributed by atoms with Crippen molar-refractivity contribution >= 4 is 29.0 Å². The second-order valence-electron chi connectivity index (χ2n) is 5.56. The highest BCUT2D eigenvalue weighted by molar-refractivity contribution is 6.30. The van der Waals surface area contributed by atoms with Gasteiger partial charge < -0.3 is 9.64 Å². The summed E-state index contributed by atoms with van der Waals surface area (Å²) >= 11 is 5.62.